The van der Waals surface area contributed by atoms with Gasteiger partial charge in [-0.1, -0.05) is 30.3 Å². The Bertz CT molecular complexity index is 893. The molecule has 2 aromatic carbocycles. The van der Waals surface area contributed by atoms with E-state index in [2.05, 4.69) is 5.32 Å². The van der Waals surface area contributed by atoms with E-state index in [0.29, 0.717) is 29.4 Å². The molecule has 2 amide bonds. The van der Waals surface area contributed by atoms with Gasteiger partial charge in [-0.15, -0.1) is 0 Å². The maximum Gasteiger partial charge on any atom is 0.227 e. The second-order valence-electron chi connectivity index (χ2n) is 7.37. The zero-order valence-electron chi connectivity index (χ0n) is 18.0. The van der Waals surface area contributed by atoms with E-state index in [4.69, 9.17) is 14.2 Å². The molecule has 2 atom stereocenters. The monoisotopic (exact) mass is 428 g/mol. The number of anilines is 1. The lowest BCUT2D eigenvalue weighted by atomic mass is 10.0. The van der Waals surface area contributed by atoms with Crippen molar-refractivity contribution in [1.29, 1.82) is 0 Å². The van der Waals surface area contributed by atoms with Gasteiger partial charge in [0.1, 0.15) is 0 Å². The Labute approximate surface area is 181 Å². The fourth-order valence-corrected chi connectivity index (χ4v) is 3.73. The number of ether oxygens (including phenoxy) is 3. The summed E-state index contributed by atoms with van der Waals surface area (Å²) < 4.78 is 16.1. The van der Waals surface area contributed by atoms with Crippen LogP contribution < -0.4 is 24.4 Å². The van der Waals surface area contributed by atoms with E-state index in [1.165, 1.54) is 21.3 Å². The van der Waals surface area contributed by atoms with E-state index < -0.39 is 12.0 Å². The molecule has 0 radical (unpaired) electrons. The van der Waals surface area contributed by atoms with Crippen molar-refractivity contribution < 1.29 is 28.9 Å². The van der Waals surface area contributed by atoms with E-state index in [-0.39, 0.29) is 31.4 Å². The maximum atomic E-state index is 12.8. The van der Waals surface area contributed by atoms with Crippen LogP contribution in [-0.2, 0) is 16.0 Å². The van der Waals surface area contributed by atoms with Gasteiger partial charge in [-0.05, 0) is 12.0 Å². The van der Waals surface area contributed by atoms with Gasteiger partial charge in [0.15, 0.2) is 11.5 Å². The second-order valence-corrected chi connectivity index (χ2v) is 7.37. The highest BCUT2D eigenvalue weighted by atomic mass is 16.5. The molecular weight excluding hydrogens is 400 g/mol. The summed E-state index contributed by atoms with van der Waals surface area (Å²) in [5.74, 6) is 0.357. The third-order valence-corrected chi connectivity index (χ3v) is 5.35. The number of benzene rings is 2. The third-order valence-electron chi connectivity index (χ3n) is 5.35. The van der Waals surface area contributed by atoms with Crippen molar-refractivity contribution in [2.24, 2.45) is 5.92 Å². The number of carbonyl (C=O) groups excluding carboxylic acids is 2. The lowest BCUT2D eigenvalue weighted by molar-refractivity contribution is -0.127. The number of aliphatic hydroxyl groups is 1. The summed E-state index contributed by atoms with van der Waals surface area (Å²) in [6.45, 7) is 0.0463. The molecule has 1 aliphatic heterocycles. The molecule has 0 spiro atoms. The van der Waals surface area contributed by atoms with Crippen molar-refractivity contribution in [2.45, 2.75) is 18.9 Å². The summed E-state index contributed by atoms with van der Waals surface area (Å²) in [5, 5.41) is 12.6. The van der Waals surface area contributed by atoms with Crippen LogP contribution in [0.1, 0.15) is 12.0 Å². The molecule has 0 aliphatic carbocycles. The van der Waals surface area contributed by atoms with Gasteiger partial charge >= 0.3 is 0 Å². The number of aliphatic hydroxyl groups excluding tert-OH is 1. The first-order valence-corrected chi connectivity index (χ1v) is 10.1. The van der Waals surface area contributed by atoms with Crippen LogP contribution >= 0.6 is 0 Å². The first-order chi connectivity index (χ1) is 15.0. The van der Waals surface area contributed by atoms with E-state index in [1.807, 2.05) is 30.3 Å². The predicted octanol–water partition coefficient (Wildman–Crippen LogP) is 1.79. The maximum absolute atomic E-state index is 12.8. The van der Waals surface area contributed by atoms with Crippen molar-refractivity contribution in [3.05, 3.63) is 48.0 Å². The topological polar surface area (TPSA) is 97.3 Å². The molecule has 3 rings (SSSR count). The Morgan fingerprint density at radius 1 is 1.13 bits per heavy atom. The van der Waals surface area contributed by atoms with Crippen molar-refractivity contribution in [1.82, 2.24) is 5.32 Å². The summed E-state index contributed by atoms with van der Waals surface area (Å²) in [6, 6.07) is 12.6. The van der Waals surface area contributed by atoms with Gasteiger partial charge in [-0.3, -0.25) is 9.59 Å². The highest BCUT2D eigenvalue weighted by Gasteiger charge is 2.36. The molecular formula is C23H28N2O6. The van der Waals surface area contributed by atoms with Gasteiger partial charge in [0.05, 0.1) is 45.6 Å². The molecule has 1 fully saturated rings. The summed E-state index contributed by atoms with van der Waals surface area (Å²) in [4.78, 5) is 27.0. The van der Waals surface area contributed by atoms with E-state index >= 15 is 0 Å². The number of hydrogen-bond donors (Lipinski definition) is 2. The lowest BCUT2D eigenvalue weighted by Gasteiger charge is -2.21. The Hall–Kier alpha value is -3.26. The van der Waals surface area contributed by atoms with Gasteiger partial charge in [-0.2, -0.15) is 0 Å². The quantitative estimate of drug-likeness (QED) is 0.632. The molecule has 1 saturated heterocycles. The van der Waals surface area contributed by atoms with Crippen LogP contribution in [0, 0.1) is 5.92 Å². The van der Waals surface area contributed by atoms with Crippen LogP contribution in [0.3, 0.4) is 0 Å². The molecule has 1 aliphatic rings. The molecule has 166 valence electrons. The zero-order valence-corrected chi connectivity index (χ0v) is 18.0. The number of carbonyl (C=O) groups is 2. The van der Waals surface area contributed by atoms with Gasteiger partial charge in [0.2, 0.25) is 17.6 Å². The summed E-state index contributed by atoms with van der Waals surface area (Å²) in [6.07, 6.45) is 0.603. The average Bonchev–Trinajstić information content (AvgIpc) is 3.19. The van der Waals surface area contributed by atoms with Crippen LogP contribution in [0.4, 0.5) is 5.69 Å². The minimum atomic E-state index is -0.517. The molecule has 0 aromatic heterocycles. The highest BCUT2D eigenvalue weighted by Crippen LogP contribution is 2.42. The Morgan fingerprint density at radius 3 is 2.32 bits per heavy atom. The second kappa shape index (κ2) is 10.2. The van der Waals surface area contributed by atoms with Crippen LogP contribution in [-0.4, -0.2) is 57.4 Å². The van der Waals surface area contributed by atoms with E-state index in [9.17, 15) is 14.7 Å². The largest absolute Gasteiger partial charge is 0.493 e. The molecule has 2 N–H and O–H groups in total. The van der Waals surface area contributed by atoms with Crippen LogP contribution in [0.25, 0.3) is 0 Å². The number of nitrogens with zero attached hydrogens (tertiary/aromatic N) is 1. The van der Waals surface area contributed by atoms with E-state index in [1.54, 1.807) is 17.0 Å². The van der Waals surface area contributed by atoms with Crippen molar-refractivity contribution in [3.63, 3.8) is 0 Å². The SMILES string of the molecule is COc1cc(N2CC(C(=O)N[C@H](CO)Cc3ccccc3)CC2=O)cc(OC)c1OC. The fourth-order valence-electron chi connectivity index (χ4n) is 3.73. The number of amides is 2. The summed E-state index contributed by atoms with van der Waals surface area (Å²) >= 11 is 0. The predicted molar refractivity (Wildman–Crippen MR) is 116 cm³/mol. The van der Waals surface area contributed by atoms with Gasteiger partial charge in [0, 0.05) is 25.1 Å². The molecule has 2 aromatic rings. The molecule has 1 heterocycles. The van der Waals surface area contributed by atoms with Crippen LogP contribution in [0.5, 0.6) is 17.2 Å². The van der Waals surface area contributed by atoms with Crippen molar-refractivity contribution in [2.75, 3.05) is 39.4 Å². The standard InChI is InChI=1S/C23H28N2O6/c1-29-19-11-18(12-20(30-2)22(19)31-3)25-13-16(10-21(25)27)23(28)24-17(14-26)9-15-7-5-4-6-8-15/h4-8,11-12,16-17,26H,9-10,13-14H2,1-3H3,(H,24,28)/t16?,17-/m0/s1. The molecule has 0 bridgehead atoms. The van der Waals surface area contributed by atoms with Crippen molar-refractivity contribution >= 4 is 17.5 Å². The van der Waals surface area contributed by atoms with Crippen LogP contribution in [0.15, 0.2) is 42.5 Å². The molecule has 8 heteroatoms. The normalized spacial score (nSPS) is 16.7. The third kappa shape index (κ3) is 5.08. The van der Waals surface area contributed by atoms with Gasteiger partial charge in [0.25, 0.3) is 0 Å². The molecule has 31 heavy (non-hydrogen) atoms. The average molecular weight is 428 g/mol. The molecule has 0 saturated carbocycles. The van der Waals surface area contributed by atoms with Crippen LogP contribution in [0.2, 0.25) is 0 Å². The number of nitrogens with one attached hydrogen (secondary N) is 1. The summed E-state index contributed by atoms with van der Waals surface area (Å²) in [7, 11) is 4.52. The van der Waals surface area contributed by atoms with Gasteiger partial charge in [-0.25, -0.2) is 0 Å². The highest BCUT2D eigenvalue weighted by molar-refractivity contribution is 6.00. The smallest absolute Gasteiger partial charge is 0.227 e. The number of rotatable bonds is 9. The minimum absolute atomic E-state index is 0.0893. The van der Waals surface area contributed by atoms with Gasteiger partial charge < -0.3 is 29.5 Å². The Balaban J connectivity index is 1.71. The van der Waals surface area contributed by atoms with E-state index in [0.717, 1.165) is 5.56 Å². The Kier molecular flexibility index (Phi) is 7.36. The first kappa shape index (κ1) is 22.4. The van der Waals surface area contributed by atoms with Crippen molar-refractivity contribution in [3.8, 4) is 17.2 Å². The number of hydrogen-bond acceptors (Lipinski definition) is 6. The fraction of sp³-hybridized carbons (Fsp3) is 0.391. The first-order valence-electron chi connectivity index (χ1n) is 10.1. The molecule has 8 nitrogen and oxygen atoms in total. The lowest BCUT2D eigenvalue weighted by Crippen LogP contribution is -2.43. The summed E-state index contributed by atoms with van der Waals surface area (Å²) in [5.41, 5.74) is 1.58. The Morgan fingerprint density at radius 2 is 1.77 bits per heavy atom. The molecule has 1 unspecified atom stereocenters. The minimum Gasteiger partial charge on any atom is -0.493 e. The number of methoxy groups -OCH3 is 3. The zero-order chi connectivity index (χ0) is 22.4.